The third-order valence-corrected chi connectivity index (χ3v) is 3.65. The maximum Gasteiger partial charge on any atom is 0.253 e. The molecule has 102 valence electrons. The number of halogens is 2. The molecule has 0 spiro atoms. The van der Waals surface area contributed by atoms with E-state index in [2.05, 4.69) is 15.1 Å². The van der Waals surface area contributed by atoms with Crippen LogP contribution in [-0.2, 0) is 11.2 Å². The van der Waals surface area contributed by atoms with Gasteiger partial charge in [-0.1, -0.05) is 23.2 Å². The summed E-state index contributed by atoms with van der Waals surface area (Å²) < 4.78 is 0. The molecule has 0 bridgehead atoms. The van der Waals surface area contributed by atoms with Crippen LogP contribution in [0.3, 0.4) is 0 Å². The predicted octanol–water partition coefficient (Wildman–Crippen LogP) is 3.05. The first-order valence-corrected chi connectivity index (χ1v) is 6.71. The summed E-state index contributed by atoms with van der Waals surface area (Å²) in [6, 6.07) is 4.99. The van der Waals surface area contributed by atoms with Crippen molar-refractivity contribution in [2.45, 2.75) is 12.8 Å². The second-order valence-corrected chi connectivity index (χ2v) is 5.17. The van der Waals surface area contributed by atoms with E-state index in [4.69, 9.17) is 23.2 Å². The Bertz CT molecular complexity index is 682. The Labute approximate surface area is 125 Å². The maximum atomic E-state index is 12.0. The van der Waals surface area contributed by atoms with Crippen LogP contribution >= 0.6 is 23.2 Å². The van der Waals surface area contributed by atoms with Gasteiger partial charge in [0.05, 0.1) is 27.9 Å². The first-order chi connectivity index (χ1) is 9.63. The predicted molar refractivity (Wildman–Crippen MR) is 78.3 cm³/mol. The van der Waals surface area contributed by atoms with Crippen molar-refractivity contribution in [3.05, 3.63) is 46.5 Å². The van der Waals surface area contributed by atoms with Crippen LogP contribution in [0.15, 0.2) is 35.7 Å². The van der Waals surface area contributed by atoms with Gasteiger partial charge in [-0.2, -0.15) is 5.10 Å². The zero-order valence-corrected chi connectivity index (χ0v) is 11.8. The zero-order chi connectivity index (χ0) is 14.1. The number of H-pyrrole nitrogens is 1. The molecule has 1 aliphatic rings. The Kier molecular flexibility index (Phi) is 3.46. The number of amides is 1. The molecule has 5 nitrogen and oxygen atoms in total. The van der Waals surface area contributed by atoms with E-state index in [1.165, 1.54) is 5.01 Å². The number of rotatable bonds is 3. The average Bonchev–Trinajstić information content (AvgIpc) is 3.03. The highest BCUT2D eigenvalue weighted by atomic mass is 35.5. The van der Waals surface area contributed by atoms with Crippen molar-refractivity contribution in [3.8, 4) is 0 Å². The molecule has 0 fully saturated rings. The Morgan fingerprint density at radius 1 is 1.30 bits per heavy atom. The van der Waals surface area contributed by atoms with Gasteiger partial charge in [0.2, 0.25) is 0 Å². The molecule has 20 heavy (non-hydrogen) atoms. The highest BCUT2D eigenvalue weighted by Crippen LogP contribution is 2.29. The molecule has 1 N–H and O–H groups in total. The first kappa shape index (κ1) is 13.1. The number of nitrogens with zero attached hydrogens (tertiary/aromatic N) is 3. The fraction of sp³-hybridized carbons (Fsp3) is 0.154. The lowest BCUT2D eigenvalue weighted by Crippen LogP contribution is -2.19. The SMILES string of the molecule is O=C1CC(Cc2ncc[nH]2)=NN1c1ccc(Cl)c(Cl)c1. The number of hydrogen-bond acceptors (Lipinski definition) is 3. The summed E-state index contributed by atoms with van der Waals surface area (Å²) in [4.78, 5) is 19.1. The fourth-order valence-corrected chi connectivity index (χ4v) is 2.28. The van der Waals surface area contributed by atoms with Crippen molar-refractivity contribution in [2.75, 3.05) is 5.01 Å². The van der Waals surface area contributed by atoms with Crippen LogP contribution in [0, 0.1) is 0 Å². The fourth-order valence-electron chi connectivity index (χ4n) is 1.99. The Balaban J connectivity index is 1.84. The highest BCUT2D eigenvalue weighted by molar-refractivity contribution is 6.42. The van der Waals surface area contributed by atoms with Crippen molar-refractivity contribution in [1.82, 2.24) is 9.97 Å². The molecule has 0 unspecified atom stereocenters. The molecule has 7 heteroatoms. The van der Waals surface area contributed by atoms with Gasteiger partial charge >= 0.3 is 0 Å². The minimum Gasteiger partial charge on any atom is -0.348 e. The lowest BCUT2D eigenvalue weighted by atomic mass is 10.2. The van der Waals surface area contributed by atoms with E-state index in [9.17, 15) is 4.79 Å². The summed E-state index contributed by atoms with van der Waals surface area (Å²) in [5, 5.41) is 6.51. The molecule has 0 atom stereocenters. The van der Waals surface area contributed by atoms with Crippen LogP contribution in [-0.4, -0.2) is 21.6 Å². The monoisotopic (exact) mass is 308 g/mol. The molecule has 0 aliphatic carbocycles. The van der Waals surface area contributed by atoms with E-state index in [-0.39, 0.29) is 12.3 Å². The zero-order valence-electron chi connectivity index (χ0n) is 10.3. The number of nitrogens with one attached hydrogen (secondary N) is 1. The van der Waals surface area contributed by atoms with Crippen molar-refractivity contribution < 1.29 is 4.79 Å². The van der Waals surface area contributed by atoms with Gasteiger partial charge in [-0.05, 0) is 18.2 Å². The van der Waals surface area contributed by atoms with Gasteiger partial charge in [0, 0.05) is 18.8 Å². The van der Waals surface area contributed by atoms with Gasteiger partial charge in [0.1, 0.15) is 5.82 Å². The molecule has 1 aliphatic heterocycles. The summed E-state index contributed by atoms with van der Waals surface area (Å²) in [6.07, 6.45) is 4.21. The molecule has 3 rings (SSSR count). The maximum absolute atomic E-state index is 12.0. The lowest BCUT2D eigenvalue weighted by Gasteiger charge is -2.12. The molecular weight excluding hydrogens is 299 g/mol. The van der Waals surface area contributed by atoms with E-state index < -0.39 is 0 Å². The number of hydrogen-bond donors (Lipinski definition) is 1. The second-order valence-electron chi connectivity index (χ2n) is 4.36. The molecule has 2 heterocycles. The summed E-state index contributed by atoms with van der Waals surface area (Å²) >= 11 is 11.8. The molecular formula is C13H10Cl2N4O. The number of aromatic amines is 1. The van der Waals surface area contributed by atoms with E-state index >= 15 is 0 Å². The number of imidazole rings is 1. The summed E-state index contributed by atoms with van der Waals surface area (Å²) in [7, 11) is 0. The van der Waals surface area contributed by atoms with Gasteiger partial charge in [0.15, 0.2) is 0 Å². The number of carbonyl (C=O) groups excluding carboxylic acids is 1. The van der Waals surface area contributed by atoms with Gasteiger partial charge in [0.25, 0.3) is 5.91 Å². The van der Waals surface area contributed by atoms with Gasteiger partial charge in [-0.3, -0.25) is 4.79 Å². The molecule has 1 aromatic heterocycles. The molecule has 0 saturated heterocycles. The van der Waals surface area contributed by atoms with Crippen molar-refractivity contribution in [3.63, 3.8) is 0 Å². The normalized spacial score (nSPS) is 14.8. The third kappa shape index (κ3) is 2.55. The quantitative estimate of drug-likeness (QED) is 0.947. The Hall–Kier alpha value is -1.85. The summed E-state index contributed by atoms with van der Waals surface area (Å²) in [5.41, 5.74) is 1.37. The van der Waals surface area contributed by atoms with Gasteiger partial charge in [-0.25, -0.2) is 9.99 Å². The van der Waals surface area contributed by atoms with E-state index in [1.807, 2.05) is 0 Å². The molecule has 2 aromatic rings. The average molecular weight is 309 g/mol. The lowest BCUT2D eigenvalue weighted by molar-refractivity contribution is -0.116. The number of carbonyl (C=O) groups is 1. The van der Waals surface area contributed by atoms with Crippen LogP contribution in [0.4, 0.5) is 5.69 Å². The van der Waals surface area contributed by atoms with Crippen molar-refractivity contribution >= 4 is 40.5 Å². The van der Waals surface area contributed by atoms with Crippen LogP contribution in [0.2, 0.25) is 10.0 Å². The van der Waals surface area contributed by atoms with E-state index in [0.29, 0.717) is 22.2 Å². The molecule has 1 aromatic carbocycles. The van der Waals surface area contributed by atoms with Crippen molar-refractivity contribution in [1.29, 1.82) is 0 Å². The summed E-state index contributed by atoms with van der Waals surface area (Å²) in [6.45, 7) is 0. The van der Waals surface area contributed by atoms with E-state index in [0.717, 1.165) is 11.5 Å². The molecule has 0 saturated carbocycles. The number of aromatic nitrogens is 2. The number of benzene rings is 1. The Morgan fingerprint density at radius 2 is 2.15 bits per heavy atom. The molecule has 0 radical (unpaired) electrons. The smallest absolute Gasteiger partial charge is 0.253 e. The number of hydrazone groups is 1. The van der Waals surface area contributed by atoms with Crippen LogP contribution < -0.4 is 5.01 Å². The van der Waals surface area contributed by atoms with Gasteiger partial charge < -0.3 is 4.98 Å². The first-order valence-electron chi connectivity index (χ1n) is 5.96. The third-order valence-electron chi connectivity index (χ3n) is 2.91. The van der Waals surface area contributed by atoms with Gasteiger partial charge in [-0.15, -0.1) is 0 Å². The standard InChI is InChI=1S/C13H10Cl2N4O/c14-10-2-1-9(7-11(10)15)19-13(20)6-8(18-19)5-12-16-3-4-17-12/h1-4,7H,5-6H2,(H,16,17). The second kappa shape index (κ2) is 5.26. The van der Waals surface area contributed by atoms with Crippen LogP contribution in [0.25, 0.3) is 0 Å². The van der Waals surface area contributed by atoms with Crippen LogP contribution in [0.5, 0.6) is 0 Å². The topological polar surface area (TPSA) is 61.4 Å². The highest BCUT2D eigenvalue weighted by Gasteiger charge is 2.26. The minimum atomic E-state index is -0.0926. The minimum absolute atomic E-state index is 0.0926. The molecule has 1 amide bonds. The van der Waals surface area contributed by atoms with Crippen molar-refractivity contribution in [2.24, 2.45) is 5.10 Å². The summed E-state index contributed by atoms with van der Waals surface area (Å²) in [5.74, 6) is 0.692. The van der Waals surface area contributed by atoms with E-state index in [1.54, 1.807) is 30.6 Å². The largest absolute Gasteiger partial charge is 0.348 e. The van der Waals surface area contributed by atoms with Crippen LogP contribution in [0.1, 0.15) is 12.2 Å². The Morgan fingerprint density at radius 3 is 2.85 bits per heavy atom. The number of anilines is 1.